The third-order valence-corrected chi connectivity index (χ3v) is 3.34. The fourth-order valence-electron chi connectivity index (χ4n) is 1.85. The number of hydrogen-bond donors (Lipinski definition) is 2. The van der Waals surface area contributed by atoms with E-state index < -0.39 is 7.82 Å². The number of para-hydroxylation sites is 1. The molecule has 0 saturated carbocycles. The molecule has 0 aliphatic heterocycles. The van der Waals surface area contributed by atoms with Crippen LogP contribution in [0.2, 0.25) is 0 Å². The number of unbranched alkanes of at least 4 members (excludes halogenated alkanes) is 3. The van der Waals surface area contributed by atoms with Gasteiger partial charge in [-0.15, -0.1) is 0 Å². The van der Waals surface area contributed by atoms with Gasteiger partial charge in [-0.1, -0.05) is 44.4 Å². The van der Waals surface area contributed by atoms with Gasteiger partial charge < -0.3 is 14.5 Å². The highest BCUT2D eigenvalue weighted by Crippen LogP contribution is 2.36. The molecule has 0 radical (unpaired) electrons. The van der Waals surface area contributed by atoms with E-state index in [0.29, 0.717) is 5.75 Å². The summed E-state index contributed by atoms with van der Waals surface area (Å²) in [6.07, 6.45) is 4.70. The highest BCUT2D eigenvalue weighted by molar-refractivity contribution is 7.46. The van der Waals surface area contributed by atoms with E-state index in [9.17, 15) is 4.57 Å². The second-order valence-electron chi connectivity index (χ2n) is 4.69. The summed E-state index contributed by atoms with van der Waals surface area (Å²) in [5, 5.41) is 0. The number of benzene rings is 1. The van der Waals surface area contributed by atoms with Crippen LogP contribution in [0.4, 0.5) is 0 Å². The Kier molecular flexibility index (Phi) is 7.85. The molecule has 5 nitrogen and oxygen atoms in total. The predicted molar refractivity (Wildman–Crippen MR) is 77.6 cm³/mol. The van der Waals surface area contributed by atoms with Gasteiger partial charge >= 0.3 is 7.82 Å². The number of hydrogen-bond acceptors (Lipinski definition) is 3. The van der Waals surface area contributed by atoms with Crippen LogP contribution < -0.4 is 4.74 Å². The molecule has 6 heteroatoms. The first-order valence-electron chi connectivity index (χ1n) is 6.93. The summed E-state index contributed by atoms with van der Waals surface area (Å²) in [7, 11) is -4.45. The molecule has 20 heavy (non-hydrogen) atoms. The molecule has 1 atom stereocenters. The standard InChI is InChI=1S/C14H23O5P/c1-2-3-4-6-11-14(12-18-20(15,16)17)19-13-9-7-5-8-10-13/h5,7-10,14H,2-4,6,11-12H2,1H3,(H2,15,16,17). The zero-order valence-electron chi connectivity index (χ0n) is 11.8. The Labute approximate surface area is 120 Å². The van der Waals surface area contributed by atoms with Gasteiger partial charge in [-0.05, 0) is 25.0 Å². The van der Waals surface area contributed by atoms with Crippen molar-refractivity contribution < 1.29 is 23.6 Å². The molecule has 0 amide bonds. The van der Waals surface area contributed by atoms with Crippen molar-refractivity contribution in [1.82, 2.24) is 0 Å². The lowest BCUT2D eigenvalue weighted by Crippen LogP contribution is -2.22. The SMILES string of the molecule is CCCCCCC(COP(=O)(O)O)Oc1ccccc1. The Hall–Kier alpha value is -0.870. The van der Waals surface area contributed by atoms with Gasteiger partial charge in [-0.2, -0.15) is 0 Å². The van der Waals surface area contributed by atoms with E-state index in [1.54, 1.807) is 0 Å². The smallest absolute Gasteiger partial charge is 0.469 e. The largest absolute Gasteiger partial charge is 0.488 e. The Morgan fingerprint density at radius 1 is 1.15 bits per heavy atom. The molecule has 0 fully saturated rings. The summed E-state index contributed by atoms with van der Waals surface area (Å²) >= 11 is 0. The first-order chi connectivity index (χ1) is 9.51. The molecule has 0 bridgehead atoms. The second-order valence-corrected chi connectivity index (χ2v) is 5.93. The number of ether oxygens (including phenoxy) is 1. The van der Waals surface area contributed by atoms with E-state index >= 15 is 0 Å². The highest BCUT2D eigenvalue weighted by Gasteiger charge is 2.19. The van der Waals surface area contributed by atoms with Gasteiger partial charge in [0.15, 0.2) is 0 Å². The summed E-state index contributed by atoms with van der Waals surface area (Å²) in [5.74, 6) is 0.683. The van der Waals surface area contributed by atoms with Crippen molar-refractivity contribution in [1.29, 1.82) is 0 Å². The monoisotopic (exact) mass is 302 g/mol. The van der Waals surface area contributed by atoms with Crippen LogP contribution in [-0.2, 0) is 9.09 Å². The van der Waals surface area contributed by atoms with Crippen LogP contribution in [-0.4, -0.2) is 22.5 Å². The van der Waals surface area contributed by atoms with Crippen molar-refractivity contribution in [2.45, 2.75) is 45.1 Å². The van der Waals surface area contributed by atoms with Crippen molar-refractivity contribution in [3.63, 3.8) is 0 Å². The topological polar surface area (TPSA) is 76.0 Å². The van der Waals surface area contributed by atoms with Crippen molar-refractivity contribution in [3.05, 3.63) is 30.3 Å². The molecule has 0 saturated heterocycles. The zero-order valence-corrected chi connectivity index (χ0v) is 12.7. The summed E-state index contributed by atoms with van der Waals surface area (Å²) in [6.45, 7) is 2.03. The normalized spacial score (nSPS) is 13.2. The Morgan fingerprint density at radius 2 is 1.85 bits per heavy atom. The molecule has 114 valence electrons. The molecule has 1 rings (SSSR count). The maximum atomic E-state index is 10.8. The summed E-state index contributed by atoms with van der Waals surface area (Å²) in [5.41, 5.74) is 0. The van der Waals surface area contributed by atoms with Gasteiger partial charge in [0, 0.05) is 0 Å². The van der Waals surface area contributed by atoms with E-state index in [1.807, 2.05) is 30.3 Å². The molecule has 1 unspecified atom stereocenters. The number of phosphoric acid groups is 1. The molecule has 0 aromatic heterocycles. The first-order valence-corrected chi connectivity index (χ1v) is 8.46. The van der Waals surface area contributed by atoms with E-state index in [-0.39, 0.29) is 12.7 Å². The molecule has 0 aliphatic rings. The molecular formula is C14H23O5P. The van der Waals surface area contributed by atoms with Gasteiger partial charge in [-0.3, -0.25) is 4.52 Å². The predicted octanol–water partition coefficient (Wildman–Crippen LogP) is 3.51. The number of phosphoric ester groups is 1. The Morgan fingerprint density at radius 3 is 2.45 bits per heavy atom. The Balaban J connectivity index is 2.47. The quantitative estimate of drug-likeness (QED) is 0.511. The lowest BCUT2D eigenvalue weighted by Gasteiger charge is -2.19. The van der Waals surface area contributed by atoms with Crippen LogP contribution in [0.3, 0.4) is 0 Å². The van der Waals surface area contributed by atoms with Crippen LogP contribution >= 0.6 is 7.82 Å². The molecule has 0 aliphatic carbocycles. The van der Waals surface area contributed by atoms with Crippen LogP contribution in [0.25, 0.3) is 0 Å². The zero-order chi connectivity index (χ0) is 14.8. The van der Waals surface area contributed by atoms with Crippen molar-refractivity contribution in [2.24, 2.45) is 0 Å². The fourth-order valence-corrected chi connectivity index (χ4v) is 2.21. The summed E-state index contributed by atoms with van der Waals surface area (Å²) in [4.78, 5) is 17.6. The summed E-state index contributed by atoms with van der Waals surface area (Å²) in [6, 6.07) is 9.23. The van der Waals surface area contributed by atoms with Gasteiger partial charge in [0.25, 0.3) is 0 Å². The molecule has 0 heterocycles. The van der Waals surface area contributed by atoms with Crippen molar-refractivity contribution in [2.75, 3.05) is 6.61 Å². The van der Waals surface area contributed by atoms with Gasteiger partial charge in [0.05, 0.1) is 6.61 Å². The lowest BCUT2D eigenvalue weighted by atomic mass is 10.1. The minimum absolute atomic E-state index is 0.106. The van der Waals surface area contributed by atoms with Crippen LogP contribution in [0.15, 0.2) is 30.3 Å². The van der Waals surface area contributed by atoms with E-state index in [0.717, 1.165) is 32.1 Å². The van der Waals surface area contributed by atoms with Gasteiger partial charge in [0.2, 0.25) is 0 Å². The highest BCUT2D eigenvalue weighted by atomic mass is 31.2. The van der Waals surface area contributed by atoms with Crippen LogP contribution in [0.1, 0.15) is 39.0 Å². The first kappa shape index (κ1) is 17.2. The third kappa shape index (κ3) is 8.33. The van der Waals surface area contributed by atoms with Gasteiger partial charge in [0.1, 0.15) is 11.9 Å². The molecule has 1 aromatic carbocycles. The third-order valence-electron chi connectivity index (χ3n) is 2.85. The van der Waals surface area contributed by atoms with E-state index in [2.05, 4.69) is 11.4 Å². The fraction of sp³-hybridized carbons (Fsp3) is 0.571. The molecule has 0 spiro atoms. The lowest BCUT2D eigenvalue weighted by molar-refractivity contribution is 0.0942. The minimum atomic E-state index is -4.45. The molecule has 1 aromatic rings. The second kappa shape index (κ2) is 9.14. The average molecular weight is 302 g/mol. The van der Waals surface area contributed by atoms with Crippen molar-refractivity contribution >= 4 is 7.82 Å². The van der Waals surface area contributed by atoms with Gasteiger partial charge in [-0.25, -0.2) is 4.57 Å². The van der Waals surface area contributed by atoms with E-state index in [4.69, 9.17) is 14.5 Å². The molecular weight excluding hydrogens is 279 g/mol. The summed E-state index contributed by atoms with van der Waals surface area (Å²) < 4.78 is 21.1. The maximum absolute atomic E-state index is 10.8. The maximum Gasteiger partial charge on any atom is 0.469 e. The van der Waals surface area contributed by atoms with Crippen LogP contribution in [0, 0.1) is 0 Å². The van der Waals surface area contributed by atoms with Crippen molar-refractivity contribution in [3.8, 4) is 5.75 Å². The Bertz CT molecular complexity index is 403. The molecule has 2 N–H and O–H groups in total. The number of rotatable bonds is 10. The minimum Gasteiger partial charge on any atom is -0.488 e. The average Bonchev–Trinajstić information content (AvgIpc) is 2.41. The van der Waals surface area contributed by atoms with Crippen LogP contribution in [0.5, 0.6) is 5.75 Å². The van der Waals surface area contributed by atoms with E-state index in [1.165, 1.54) is 0 Å².